The molecule has 68 valence electrons. The molecule has 4 amide bonds. The predicted octanol–water partition coefficient (Wildman–Crippen LogP) is 0.211. The number of hydrogen-bond donors (Lipinski definition) is 1. The molecule has 12 heavy (non-hydrogen) atoms. The van der Waals surface area contributed by atoms with E-state index in [0.717, 1.165) is 4.90 Å². The van der Waals surface area contributed by atoms with Crippen molar-refractivity contribution in [1.82, 2.24) is 9.80 Å². The topological polar surface area (TPSA) is 66.6 Å². The Kier molecular flexibility index (Phi) is 2.21. The van der Waals surface area contributed by atoms with Gasteiger partial charge in [0.2, 0.25) is 0 Å². The number of carbonyl (C=O) groups is 2. The van der Waals surface area contributed by atoms with E-state index in [-0.39, 0.29) is 12.1 Å². The van der Waals surface area contributed by atoms with E-state index in [9.17, 15) is 9.59 Å². The van der Waals surface area contributed by atoms with E-state index >= 15 is 0 Å². The maximum Gasteiger partial charge on any atom is 0.328 e. The largest absolute Gasteiger partial charge is 0.351 e. The first kappa shape index (κ1) is 8.83. The van der Waals surface area contributed by atoms with E-state index < -0.39 is 6.03 Å². The van der Waals surface area contributed by atoms with Crippen LogP contribution in [0.15, 0.2) is 0 Å². The molecule has 5 heteroatoms. The van der Waals surface area contributed by atoms with Gasteiger partial charge >= 0.3 is 12.1 Å². The van der Waals surface area contributed by atoms with Crippen molar-refractivity contribution in [3.8, 4) is 0 Å². The summed E-state index contributed by atoms with van der Waals surface area (Å²) in [7, 11) is 0. The van der Waals surface area contributed by atoms with Crippen molar-refractivity contribution in [3.05, 3.63) is 0 Å². The number of hydrogen-bond acceptors (Lipinski definition) is 2. The molecular formula is C7H13N3O2. The molecule has 1 rings (SSSR count). The first-order chi connectivity index (χ1) is 5.54. The quantitative estimate of drug-likeness (QED) is 0.612. The van der Waals surface area contributed by atoms with Crippen LogP contribution in [0, 0.1) is 0 Å². The van der Waals surface area contributed by atoms with Gasteiger partial charge in [-0.2, -0.15) is 0 Å². The van der Waals surface area contributed by atoms with Crippen LogP contribution in [0.2, 0.25) is 0 Å². The minimum absolute atomic E-state index is 0.127. The third-order valence-electron chi connectivity index (χ3n) is 1.93. The average Bonchev–Trinajstić information content (AvgIpc) is 2.30. The van der Waals surface area contributed by atoms with E-state index in [1.54, 1.807) is 4.90 Å². The molecule has 1 heterocycles. The van der Waals surface area contributed by atoms with E-state index in [1.165, 1.54) is 0 Å². The van der Waals surface area contributed by atoms with Gasteiger partial charge in [0.1, 0.15) is 0 Å². The van der Waals surface area contributed by atoms with Gasteiger partial charge in [-0.25, -0.2) is 14.5 Å². The van der Waals surface area contributed by atoms with Crippen molar-refractivity contribution < 1.29 is 9.59 Å². The molecule has 1 fully saturated rings. The highest BCUT2D eigenvalue weighted by Crippen LogP contribution is 2.11. The highest BCUT2D eigenvalue weighted by atomic mass is 16.2. The fraction of sp³-hybridized carbons (Fsp3) is 0.714. The molecule has 0 aromatic rings. The van der Waals surface area contributed by atoms with Gasteiger partial charge in [0.05, 0.1) is 0 Å². The average molecular weight is 171 g/mol. The predicted molar refractivity (Wildman–Crippen MR) is 43.5 cm³/mol. The maximum atomic E-state index is 11.3. The Balaban J connectivity index is 2.67. The second-order valence-electron chi connectivity index (χ2n) is 3.06. The Morgan fingerprint density at radius 1 is 1.50 bits per heavy atom. The number of imide groups is 1. The molecule has 2 N–H and O–H groups in total. The normalized spacial score (nSPS) is 17.8. The Labute approximate surface area is 71.1 Å². The molecule has 5 nitrogen and oxygen atoms in total. The number of rotatable bonds is 1. The van der Waals surface area contributed by atoms with Gasteiger partial charge in [0.15, 0.2) is 0 Å². The molecule has 0 aromatic carbocycles. The van der Waals surface area contributed by atoms with Crippen LogP contribution in [0.1, 0.15) is 13.8 Å². The lowest BCUT2D eigenvalue weighted by Gasteiger charge is -2.19. The van der Waals surface area contributed by atoms with Gasteiger partial charge in [-0.05, 0) is 13.8 Å². The Hall–Kier alpha value is -1.26. The van der Waals surface area contributed by atoms with E-state index in [2.05, 4.69) is 0 Å². The molecule has 0 spiro atoms. The molecule has 0 aromatic heterocycles. The molecular weight excluding hydrogens is 158 g/mol. The van der Waals surface area contributed by atoms with Crippen LogP contribution in [-0.4, -0.2) is 41.0 Å². The molecule has 0 unspecified atom stereocenters. The Morgan fingerprint density at radius 2 is 2.08 bits per heavy atom. The molecule has 0 radical (unpaired) electrons. The summed E-state index contributed by atoms with van der Waals surface area (Å²) in [6.45, 7) is 4.80. The first-order valence-electron chi connectivity index (χ1n) is 3.91. The monoisotopic (exact) mass is 171 g/mol. The summed E-state index contributed by atoms with van der Waals surface area (Å²) in [4.78, 5) is 24.7. The van der Waals surface area contributed by atoms with Gasteiger partial charge in [0, 0.05) is 19.1 Å². The van der Waals surface area contributed by atoms with E-state index in [1.807, 2.05) is 13.8 Å². The zero-order chi connectivity index (χ0) is 9.30. The Bertz CT molecular complexity index is 215. The number of nitrogens with two attached hydrogens (primary N) is 1. The highest BCUT2D eigenvalue weighted by molar-refractivity contribution is 5.94. The minimum Gasteiger partial charge on any atom is -0.351 e. The third-order valence-corrected chi connectivity index (χ3v) is 1.93. The lowest BCUT2D eigenvalue weighted by Crippen LogP contribution is -2.41. The van der Waals surface area contributed by atoms with Gasteiger partial charge in [-0.3, -0.25) is 0 Å². The molecule has 1 aliphatic heterocycles. The standard InChI is InChI=1S/C7H13N3O2/c1-5(2)9-3-4-10(6(8)11)7(9)12/h5H,3-4H2,1-2H3,(H2,8,11). The van der Waals surface area contributed by atoms with Gasteiger partial charge in [-0.15, -0.1) is 0 Å². The zero-order valence-corrected chi connectivity index (χ0v) is 7.28. The summed E-state index contributed by atoms with van der Waals surface area (Å²) in [5, 5.41) is 0. The van der Waals surface area contributed by atoms with Crippen molar-refractivity contribution in [3.63, 3.8) is 0 Å². The molecule has 1 saturated heterocycles. The van der Waals surface area contributed by atoms with Crippen LogP contribution in [0.5, 0.6) is 0 Å². The molecule has 0 bridgehead atoms. The van der Waals surface area contributed by atoms with Crippen LogP contribution in [0.3, 0.4) is 0 Å². The van der Waals surface area contributed by atoms with Crippen LogP contribution >= 0.6 is 0 Å². The van der Waals surface area contributed by atoms with Crippen LogP contribution in [0.25, 0.3) is 0 Å². The maximum absolute atomic E-state index is 11.3. The van der Waals surface area contributed by atoms with E-state index in [4.69, 9.17) is 5.73 Å². The van der Waals surface area contributed by atoms with Crippen LogP contribution in [0.4, 0.5) is 9.59 Å². The number of urea groups is 2. The second-order valence-corrected chi connectivity index (χ2v) is 3.06. The highest BCUT2D eigenvalue weighted by Gasteiger charge is 2.32. The van der Waals surface area contributed by atoms with Crippen LogP contribution < -0.4 is 5.73 Å². The molecule has 0 saturated carbocycles. The number of nitrogens with zero attached hydrogens (tertiary/aromatic N) is 2. The Morgan fingerprint density at radius 3 is 2.33 bits per heavy atom. The lowest BCUT2D eigenvalue weighted by molar-refractivity contribution is 0.182. The number of amides is 4. The summed E-state index contributed by atoms with van der Waals surface area (Å²) < 4.78 is 0. The first-order valence-corrected chi connectivity index (χ1v) is 3.91. The van der Waals surface area contributed by atoms with Crippen molar-refractivity contribution in [1.29, 1.82) is 0 Å². The molecule has 0 atom stereocenters. The van der Waals surface area contributed by atoms with Crippen molar-refractivity contribution in [2.24, 2.45) is 5.73 Å². The van der Waals surface area contributed by atoms with Crippen LogP contribution in [-0.2, 0) is 0 Å². The molecule has 0 aliphatic carbocycles. The fourth-order valence-electron chi connectivity index (χ4n) is 1.24. The van der Waals surface area contributed by atoms with Gasteiger partial charge < -0.3 is 10.6 Å². The minimum atomic E-state index is -0.664. The van der Waals surface area contributed by atoms with Gasteiger partial charge in [0.25, 0.3) is 0 Å². The summed E-state index contributed by atoms with van der Waals surface area (Å²) in [5.74, 6) is 0. The smallest absolute Gasteiger partial charge is 0.328 e. The summed E-state index contributed by atoms with van der Waals surface area (Å²) in [6.07, 6.45) is 0. The second kappa shape index (κ2) is 3.00. The summed E-state index contributed by atoms with van der Waals surface area (Å²) in [6, 6.07) is -0.817. The van der Waals surface area contributed by atoms with E-state index in [0.29, 0.717) is 13.1 Å². The van der Waals surface area contributed by atoms with Crippen molar-refractivity contribution >= 4 is 12.1 Å². The van der Waals surface area contributed by atoms with Gasteiger partial charge in [-0.1, -0.05) is 0 Å². The lowest BCUT2D eigenvalue weighted by atomic mass is 10.3. The number of carbonyl (C=O) groups excluding carboxylic acids is 2. The summed E-state index contributed by atoms with van der Waals surface area (Å²) in [5.41, 5.74) is 4.99. The molecule has 1 aliphatic rings. The number of primary amides is 1. The van der Waals surface area contributed by atoms with Crippen molar-refractivity contribution in [2.75, 3.05) is 13.1 Å². The zero-order valence-electron chi connectivity index (χ0n) is 7.28. The summed E-state index contributed by atoms with van der Waals surface area (Å²) >= 11 is 0. The third kappa shape index (κ3) is 1.34. The van der Waals surface area contributed by atoms with Crippen molar-refractivity contribution in [2.45, 2.75) is 19.9 Å². The SMILES string of the molecule is CC(C)N1CCN(C(N)=O)C1=O. The fourth-order valence-corrected chi connectivity index (χ4v) is 1.24.